The summed E-state index contributed by atoms with van der Waals surface area (Å²) in [6, 6.07) is 6.65. The van der Waals surface area contributed by atoms with Crippen LogP contribution in [0.1, 0.15) is 38.3 Å². The zero-order chi connectivity index (χ0) is 14.7. The van der Waals surface area contributed by atoms with E-state index >= 15 is 0 Å². The van der Waals surface area contributed by atoms with Crippen LogP contribution in [0.2, 0.25) is 0 Å². The summed E-state index contributed by atoms with van der Waals surface area (Å²) in [5, 5.41) is 3.62. The molecule has 3 unspecified atom stereocenters. The van der Waals surface area contributed by atoms with Gasteiger partial charge in [0.25, 0.3) is 0 Å². The quantitative estimate of drug-likeness (QED) is 0.926. The molecule has 3 rings (SSSR count). The molecule has 0 aliphatic carbocycles. The van der Waals surface area contributed by atoms with E-state index in [1.54, 1.807) is 0 Å². The van der Waals surface area contributed by atoms with E-state index in [0.717, 1.165) is 50.7 Å². The summed E-state index contributed by atoms with van der Waals surface area (Å²) in [5.41, 5.74) is 1.27. The van der Waals surface area contributed by atoms with E-state index < -0.39 is 0 Å². The van der Waals surface area contributed by atoms with E-state index in [9.17, 15) is 0 Å². The minimum absolute atomic E-state index is 0.296. The number of nitrogens with one attached hydrogen (secondary N) is 1. The van der Waals surface area contributed by atoms with Gasteiger partial charge in [0.2, 0.25) is 0 Å². The molecule has 1 N–H and O–H groups in total. The van der Waals surface area contributed by atoms with Gasteiger partial charge in [-0.1, -0.05) is 13.0 Å². The van der Waals surface area contributed by atoms with Crippen molar-refractivity contribution in [1.29, 1.82) is 0 Å². The van der Waals surface area contributed by atoms with Crippen molar-refractivity contribution >= 4 is 0 Å². The molecule has 0 bridgehead atoms. The van der Waals surface area contributed by atoms with Gasteiger partial charge in [0.15, 0.2) is 11.5 Å². The fraction of sp³-hybridized carbons (Fsp3) is 0.647. The van der Waals surface area contributed by atoms with Gasteiger partial charge in [0.05, 0.1) is 19.3 Å². The Labute approximate surface area is 126 Å². The maximum Gasteiger partial charge on any atom is 0.161 e. The lowest BCUT2D eigenvalue weighted by Crippen LogP contribution is -2.31. The highest BCUT2D eigenvalue weighted by Gasteiger charge is 2.32. The molecule has 116 valence electrons. The van der Waals surface area contributed by atoms with Gasteiger partial charge < -0.3 is 19.5 Å². The molecular weight excluding hydrogens is 266 g/mol. The first-order valence-electron chi connectivity index (χ1n) is 8.04. The van der Waals surface area contributed by atoms with E-state index in [1.807, 2.05) is 6.07 Å². The molecule has 0 radical (unpaired) electrons. The molecule has 1 aromatic rings. The summed E-state index contributed by atoms with van der Waals surface area (Å²) in [7, 11) is 0. The first kappa shape index (κ1) is 14.7. The average molecular weight is 291 g/mol. The van der Waals surface area contributed by atoms with Crippen LogP contribution in [-0.2, 0) is 4.74 Å². The van der Waals surface area contributed by atoms with Crippen molar-refractivity contribution in [3.63, 3.8) is 0 Å². The maximum absolute atomic E-state index is 5.82. The van der Waals surface area contributed by atoms with Crippen LogP contribution >= 0.6 is 0 Å². The molecule has 21 heavy (non-hydrogen) atoms. The second-order valence-corrected chi connectivity index (χ2v) is 5.82. The summed E-state index contributed by atoms with van der Waals surface area (Å²) in [4.78, 5) is 0. The zero-order valence-electron chi connectivity index (χ0n) is 12.9. The van der Waals surface area contributed by atoms with Crippen LogP contribution in [0.15, 0.2) is 18.2 Å². The highest BCUT2D eigenvalue weighted by molar-refractivity contribution is 5.44. The van der Waals surface area contributed by atoms with Crippen LogP contribution in [0.25, 0.3) is 0 Å². The second-order valence-electron chi connectivity index (χ2n) is 5.82. The molecule has 1 aromatic carbocycles. The van der Waals surface area contributed by atoms with Crippen LogP contribution in [0.4, 0.5) is 0 Å². The second kappa shape index (κ2) is 6.67. The van der Waals surface area contributed by atoms with Gasteiger partial charge in [0, 0.05) is 25.0 Å². The van der Waals surface area contributed by atoms with Gasteiger partial charge in [-0.3, -0.25) is 0 Å². The van der Waals surface area contributed by atoms with Crippen molar-refractivity contribution in [3.05, 3.63) is 23.8 Å². The average Bonchev–Trinajstić information content (AvgIpc) is 2.78. The molecule has 2 heterocycles. The van der Waals surface area contributed by atoms with Crippen molar-refractivity contribution in [2.45, 2.75) is 38.8 Å². The molecule has 4 heteroatoms. The number of hydrogen-bond acceptors (Lipinski definition) is 4. The molecule has 0 amide bonds. The normalized spacial score (nSPS) is 26.4. The first-order chi connectivity index (χ1) is 10.3. The van der Waals surface area contributed by atoms with E-state index in [-0.39, 0.29) is 0 Å². The van der Waals surface area contributed by atoms with Gasteiger partial charge >= 0.3 is 0 Å². The van der Waals surface area contributed by atoms with Gasteiger partial charge in [0.1, 0.15) is 0 Å². The van der Waals surface area contributed by atoms with Crippen LogP contribution in [-0.4, -0.2) is 32.5 Å². The molecule has 4 nitrogen and oxygen atoms in total. The monoisotopic (exact) mass is 291 g/mol. The SMILES string of the molecule is CCNC(c1ccc2c(c1)OCCCO2)C1CCOC1C. The highest BCUT2D eigenvalue weighted by Crippen LogP contribution is 2.37. The van der Waals surface area contributed by atoms with Crippen molar-refractivity contribution < 1.29 is 14.2 Å². The third kappa shape index (κ3) is 3.16. The summed E-state index contributed by atoms with van der Waals surface area (Å²) in [6.45, 7) is 7.59. The molecule has 2 aliphatic heterocycles. The van der Waals surface area contributed by atoms with Gasteiger partial charge in [-0.25, -0.2) is 0 Å². The Bertz CT molecular complexity index is 477. The number of ether oxygens (including phenoxy) is 3. The molecule has 1 fully saturated rings. The third-order valence-electron chi connectivity index (χ3n) is 4.42. The lowest BCUT2D eigenvalue weighted by molar-refractivity contribution is 0.0955. The zero-order valence-corrected chi connectivity index (χ0v) is 12.9. The molecule has 0 aromatic heterocycles. The largest absolute Gasteiger partial charge is 0.490 e. The number of rotatable bonds is 4. The Balaban J connectivity index is 1.86. The van der Waals surface area contributed by atoms with Crippen LogP contribution in [0.3, 0.4) is 0 Å². The Morgan fingerprint density at radius 3 is 2.71 bits per heavy atom. The Hall–Kier alpha value is -1.26. The maximum atomic E-state index is 5.82. The van der Waals surface area contributed by atoms with Crippen molar-refractivity contribution in [1.82, 2.24) is 5.32 Å². The van der Waals surface area contributed by atoms with Gasteiger partial charge in [-0.2, -0.15) is 0 Å². The molecule has 1 saturated heterocycles. The van der Waals surface area contributed by atoms with Crippen molar-refractivity contribution in [2.24, 2.45) is 5.92 Å². The summed E-state index contributed by atoms with van der Waals surface area (Å²) < 4.78 is 17.3. The van der Waals surface area contributed by atoms with Crippen molar-refractivity contribution in [2.75, 3.05) is 26.4 Å². The minimum atomic E-state index is 0.296. The fourth-order valence-corrected chi connectivity index (χ4v) is 3.30. The molecule has 2 aliphatic rings. The summed E-state index contributed by atoms with van der Waals surface area (Å²) >= 11 is 0. The minimum Gasteiger partial charge on any atom is -0.490 e. The van der Waals surface area contributed by atoms with Crippen LogP contribution in [0, 0.1) is 5.92 Å². The molecule has 3 atom stereocenters. The van der Waals surface area contributed by atoms with E-state index in [4.69, 9.17) is 14.2 Å². The summed E-state index contributed by atoms with van der Waals surface area (Å²) in [6.07, 6.45) is 2.34. The molecular formula is C17H25NO3. The van der Waals surface area contributed by atoms with Gasteiger partial charge in [-0.15, -0.1) is 0 Å². The topological polar surface area (TPSA) is 39.7 Å². The number of fused-ring (bicyclic) bond motifs is 1. The van der Waals surface area contributed by atoms with E-state index in [0.29, 0.717) is 18.1 Å². The smallest absolute Gasteiger partial charge is 0.161 e. The van der Waals surface area contributed by atoms with E-state index in [2.05, 4.69) is 31.3 Å². The fourth-order valence-electron chi connectivity index (χ4n) is 3.30. The Morgan fingerprint density at radius 2 is 2.00 bits per heavy atom. The van der Waals surface area contributed by atoms with E-state index in [1.165, 1.54) is 5.56 Å². The predicted molar refractivity (Wildman–Crippen MR) is 82.0 cm³/mol. The van der Waals surface area contributed by atoms with Crippen LogP contribution in [0.5, 0.6) is 11.5 Å². The standard InChI is InChI=1S/C17H25NO3/c1-3-18-17(14-7-10-19-12(14)2)13-5-6-15-16(11-13)21-9-4-8-20-15/h5-6,11-12,14,17-18H,3-4,7-10H2,1-2H3. The number of hydrogen-bond donors (Lipinski definition) is 1. The Morgan fingerprint density at radius 1 is 1.19 bits per heavy atom. The molecule has 0 saturated carbocycles. The number of benzene rings is 1. The lowest BCUT2D eigenvalue weighted by Gasteiger charge is -2.27. The van der Waals surface area contributed by atoms with Gasteiger partial charge in [-0.05, 0) is 37.6 Å². The summed E-state index contributed by atoms with van der Waals surface area (Å²) in [5.74, 6) is 2.25. The first-order valence-corrected chi connectivity index (χ1v) is 8.04. The molecule has 0 spiro atoms. The Kier molecular flexibility index (Phi) is 4.66. The third-order valence-corrected chi connectivity index (χ3v) is 4.42. The van der Waals surface area contributed by atoms with Crippen molar-refractivity contribution in [3.8, 4) is 11.5 Å². The lowest BCUT2D eigenvalue weighted by atomic mass is 9.88. The highest BCUT2D eigenvalue weighted by atomic mass is 16.5. The predicted octanol–water partition coefficient (Wildman–Crippen LogP) is 2.92. The van der Waals surface area contributed by atoms with Crippen LogP contribution < -0.4 is 14.8 Å².